The van der Waals surface area contributed by atoms with Crippen LogP contribution in [0.3, 0.4) is 0 Å². The van der Waals surface area contributed by atoms with E-state index in [1.54, 1.807) is 6.20 Å². The Labute approximate surface area is 96.7 Å². The highest BCUT2D eigenvalue weighted by Crippen LogP contribution is 2.21. The number of hydrogen-bond donors (Lipinski definition) is 2. The lowest BCUT2D eigenvalue weighted by Crippen LogP contribution is -2.03. The summed E-state index contributed by atoms with van der Waals surface area (Å²) < 4.78 is 0.998. The molecule has 2 heterocycles. The highest BCUT2D eigenvalue weighted by Gasteiger charge is 2.01. The van der Waals surface area contributed by atoms with Crippen LogP contribution in [0.1, 0.15) is 5.56 Å². The number of nitrogens with one attached hydrogen (secondary N) is 2. The Morgan fingerprint density at radius 1 is 1.60 bits per heavy atom. The number of halogens is 1. The summed E-state index contributed by atoms with van der Waals surface area (Å²) in [7, 11) is 1.93. The molecule has 0 fully saturated rings. The Balaban J connectivity index is 2.39. The van der Waals surface area contributed by atoms with Crippen molar-refractivity contribution in [3.8, 4) is 0 Å². The second kappa shape index (κ2) is 4.59. The maximum atomic E-state index is 4.28. The number of H-pyrrole nitrogens is 1. The highest BCUT2D eigenvalue weighted by atomic mass is 79.9. The van der Waals surface area contributed by atoms with Crippen LogP contribution < -0.4 is 5.32 Å². The number of rotatable bonds is 3. The van der Waals surface area contributed by atoms with Gasteiger partial charge in [-0.3, -0.25) is 0 Å². The molecule has 2 N–H and O–H groups in total. The smallest absolute Gasteiger partial charge is 0.137 e. The molecule has 2 aromatic rings. The van der Waals surface area contributed by atoms with Crippen LogP contribution in [0.4, 0.5) is 0 Å². The van der Waals surface area contributed by atoms with E-state index in [4.69, 9.17) is 0 Å². The normalized spacial score (nSPS) is 11.6. The van der Waals surface area contributed by atoms with Crippen LogP contribution in [0.25, 0.3) is 17.1 Å². The molecule has 0 aromatic carbocycles. The van der Waals surface area contributed by atoms with Crippen LogP contribution in [-0.2, 0) is 0 Å². The van der Waals surface area contributed by atoms with Crippen molar-refractivity contribution >= 4 is 33.0 Å². The number of fused-ring (bicyclic) bond motifs is 1. The molecule has 4 heteroatoms. The average Bonchev–Trinajstić information content (AvgIpc) is 2.62. The molecule has 0 saturated heterocycles. The molecule has 0 amide bonds. The van der Waals surface area contributed by atoms with E-state index in [9.17, 15) is 0 Å². The number of nitrogens with zero attached hydrogens (tertiary/aromatic N) is 1. The molecule has 2 aromatic heterocycles. The summed E-state index contributed by atoms with van der Waals surface area (Å²) in [5, 5.41) is 4.20. The minimum atomic E-state index is 0.869. The number of aromatic amines is 1. The third-order valence-corrected chi connectivity index (χ3v) is 2.58. The lowest BCUT2D eigenvalue weighted by Gasteiger charge is -1.93. The summed E-state index contributed by atoms with van der Waals surface area (Å²) >= 11 is 3.42. The second-order valence-electron chi connectivity index (χ2n) is 3.25. The monoisotopic (exact) mass is 265 g/mol. The van der Waals surface area contributed by atoms with Gasteiger partial charge in [0.05, 0.1) is 0 Å². The summed E-state index contributed by atoms with van der Waals surface area (Å²) in [6.45, 7) is 0.869. The van der Waals surface area contributed by atoms with Gasteiger partial charge in [0, 0.05) is 34.4 Å². The van der Waals surface area contributed by atoms with Crippen molar-refractivity contribution in [3.05, 3.63) is 34.6 Å². The van der Waals surface area contributed by atoms with Gasteiger partial charge in [0.15, 0.2) is 0 Å². The van der Waals surface area contributed by atoms with Crippen LogP contribution in [0.2, 0.25) is 0 Å². The molecule has 0 spiro atoms. The first-order chi connectivity index (χ1) is 7.31. The summed E-state index contributed by atoms with van der Waals surface area (Å²) in [5.74, 6) is 0. The number of hydrogen-bond acceptors (Lipinski definition) is 2. The van der Waals surface area contributed by atoms with Gasteiger partial charge >= 0.3 is 0 Å². The van der Waals surface area contributed by atoms with Crippen LogP contribution >= 0.6 is 15.9 Å². The fourth-order valence-electron chi connectivity index (χ4n) is 1.44. The fraction of sp³-hybridized carbons (Fsp3) is 0.182. The standard InChI is InChI=1S/C11H12BrN3/c1-13-4-2-3-8-6-14-11-10(8)5-9(12)7-15-11/h2-3,5-7,13H,4H2,1H3,(H,14,15). The highest BCUT2D eigenvalue weighted by molar-refractivity contribution is 9.10. The Bertz CT molecular complexity index is 488. The maximum absolute atomic E-state index is 4.28. The number of aromatic nitrogens is 2. The molecule has 2 rings (SSSR count). The van der Waals surface area contributed by atoms with E-state index < -0.39 is 0 Å². The van der Waals surface area contributed by atoms with E-state index in [1.165, 1.54) is 0 Å². The van der Waals surface area contributed by atoms with E-state index in [2.05, 4.69) is 49.4 Å². The number of likely N-dealkylation sites (N-methyl/N-ethyl adjacent to an activating group) is 1. The Morgan fingerprint density at radius 3 is 3.27 bits per heavy atom. The molecule has 0 saturated carbocycles. The van der Waals surface area contributed by atoms with Gasteiger partial charge in [0.1, 0.15) is 5.65 Å². The molecule has 0 aliphatic rings. The zero-order valence-corrected chi connectivity index (χ0v) is 10.0. The van der Waals surface area contributed by atoms with Crippen LogP contribution in [0, 0.1) is 0 Å². The van der Waals surface area contributed by atoms with Crippen molar-refractivity contribution in [3.63, 3.8) is 0 Å². The van der Waals surface area contributed by atoms with E-state index >= 15 is 0 Å². The lowest BCUT2D eigenvalue weighted by molar-refractivity contribution is 0.922. The molecule has 0 bridgehead atoms. The SMILES string of the molecule is CNCC=Cc1c[nH]c2ncc(Br)cc12. The topological polar surface area (TPSA) is 40.7 Å². The molecule has 15 heavy (non-hydrogen) atoms. The van der Waals surface area contributed by atoms with Crippen molar-refractivity contribution in [2.24, 2.45) is 0 Å². The third-order valence-electron chi connectivity index (χ3n) is 2.15. The van der Waals surface area contributed by atoms with Gasteiger partial charge in [-0.1, -0.05) is 12.2 Å². The van der Waals surface area contributed by atoms with Gasteiger partial charge in [0.2, 0.25) is 0 Å². The molecule has 78 valence electrons. The van der Waals surface area contributed by atoms with Gasteiger partial charge < -0.3 is 10.3 Å². The minimum absolute atomic E-state index is 0.869. The van der Waals surface area contributed by atoms with Crippen LogP contribution in [-0.4, -0.2) is 23.6 Å². The second-order valence-corrected chi connectivity index (χ2v) is 4.17. The van der Waals surface area contributed by atoms with Gasteiger partial charge in [-0.05, 0) is 29.0 Å². The minimum Gasteiger partial charge on any atom is -0.346 e. The third kappa shape index (κ3) is 2.27. The lowest BCUT2D eigenvalue weighted by atomic mass is 10.2. The number of pyridine rings is 1. The molecule has 0 atom stereocenters. The van der Waals surface area contributed by atoms with E-state index in [0.29, 0.717) is 0 Å². The van der Waals surface area contributed by atoms with Crippen LogP contribution in [0.5, 0.6) is 0 Å². The Morgan fingerprint density at radius 2 is 2.47 bits per heavy atom. The summed E-state index contributed by atoms with van der Waals surface area (Å²) in [6.07, 6.45) is 7.93. The van der Waals surface area contributed by atoms with Gasteiger partial charge in [-0.15, -0.1) is 0 Å². The zero-order valence-electron chi connectivity index (χ0n) is 8.42. The largest absolute Gasteiger partial charge is 0.346 e. The Hall–Kier alpha value is -1.13. The summed E-state index contributed by atoms with van der Waals surface area (Å²) in [5.41, 5.74) is 2.08. The van der Waals surface area contributed by atoms with Gasteiger partial charge in [0.25, 0.3) is 0 Å². The summed E-state index contributed by atoms with van der Waals surface area (Å²) in [6, 6.07) is 2.07. The van der Waals surface area contributed by atoms with Crippen molar-refractivity contribution < 1.29 is 0 Å². The Kier molecular flexibility index (Phi) is 3.18. The maximum Gasteiger partial charge on any atom is 0.137 e. The molecular formula is C11H12BrN3. The molecule has 0 aliphatic heterocycles. The van der Waals surface area contributed by atoms with Crippen molar-refractivity contribution in [2.75, 3.05) is 13.6 Å². The summed E-state index contributed by atoms with van der Waals surface area (Å²) in [4.78, 5) is 7.42. The quantitative estimate of drug-likeness (QED) is 0.896. The zero-order chi connectivity index (χ0) is 10.7. The van der Waals surface area contributed by atoms with Crippen molar-refractivity contribution in [1.29, 1.82) is 0 Å². The van der Waals surface area contributed by atoms with E-state index in [-0.39, 0.29) is 0 Å². The van der Waals surface area contributed by atoms with E-state index in [1.807, 2.05) is 13.2 Å². The van der Waals surface area contributed by atoms with Crippen molar-refractivity contribution in [1.82, 2.24) is 15.3 Å². The molecule has 0 radical (unpaired) electrons. The first-order valence-corrected chi connectivity index (χ1v) is 5.54. The van der Waals surface area contributed by atoms with Gasteiger partial charge in [-0.25, -0.2) is 4.98 Å². The predicted molar refractivity (Wildman–Crippen MR) is 66.8 cm³/mol. The predicted octanol–water partition coefficient (Wildman–Crippen LogP) is 2.56. The first-order valence-electron chi connectivity index (χ1n) is 4.75. The molecule has 0 unspecified atom stereocenters. The van der Waals surface area contributed by atoms with Gasteiger partial charge in [-0.2, -0.15) is 0 Å². The molecule has 3 nitrogen and oxygen atoms in total. The average molecular weight is 266 g/mol. The molecule has 0 aliphatic carbocycles. The van der Waals surface area contributed by atoms with Crippen molar-refractivity contribution in [2.45, 2.75) is 0 Å². The molecular weight excluding hydrogens is 254 g/mol. The van der Waals surface area contributed by atoms with E-state index in [0.717, 1.165) is 27.6 Å². The van der Waals surface area contributed by atoms with Crippen LogP contribution in [0.15, 0.2) is 29.0 Å². The fourth-order valence-corrected chi connectivity index (χ4v) is 1.77. The first kappa shape index (κ1) is 10.4.